The summed E-state index contributed by atoms with van der Waals surface area (Å²) >= 11 is 1.22. The van der Waals surface area contributed by atoms with Crippen LogP contribution in [-0.2, 0) is 14.8 Å². The van der Waals surface area contributed by atoms with Gasteiger partial charge in [0.1, 0.15) is 0 Å². The zero-order chi connectivity index (χ0) is 21.6. The lowest BCUT2D eigenvalue weighted by atomic mass is 10.2. The van der Waals surface area contributed by atoms with Gasteiger partial charge in [0.25, 0.3) is 15.9 Å². The molecule has 0 aliphatic carbocycles. The second kappa shape index (κ2) is 9.42. The van der Waals surface area contributed by atoms with Crippen LogP contribution in [-0.4, -0.2) is 31.0 Å². The number of sulfonamides is 1. The monoisotopic (exact) mass is 442 g/mol. The fraction of sp³-hybridized carbons (Fsp3) is 0.0500. The van der Waals surface area contributed by atoms with Crippen LogP contribution >= 0.6 is 11.8 Å². The summed E-state index contributed by atoms with van der Waals surface area (Å²) < 4.78 is 27.4. The van der Waals surface area contributed by atoms with Crippen LogP contribution in [0, 0.1) is 0 Å². The van der Waals surface area contributed by atoms with Crippen LogP contribution in [0.25, 0.3) is 0 Å². The number of aromatic nitrogens is 1. The number of carbonyl (C=O) groups is 2. The number of benzene rings is 2. The number of rotatable bonds is 8. The molecule has 0 bridgehead atoms. The van der Waals surface area contributed by atoms with Crippen molar-refractivity contribution in [1.29, 1.82) is 0 Å². The zero-order valence-electron chi connectivity index (χ0n) is 15.6. The van der Waals surface area contributed by atoms with Crippen LogP contribution in [0.2, 0.25) is 0 Å². The van der Waals surface area contributed by atoms with E-state index in [0.717, 1.165) is 0 Å². The molecule has 2 aromatic carbocycles. The molecule has 0 aliphatic rings. The molecular weight excluding hydrogens is 424 g/mol. The smallest absolute Gasteiger partial charge is 0.261 e. The van der Waals surface area contributed by atoms with Crippen molar-refractivity contribution in [3.63, 3.8) is 0 Å². The van der Waals surface area contributed by atoms with E-state index in [1.807, 2.05) is 0 Å². The number of anilines is 2. The zero-order valence-corrected chi connectivity index (χ0v) is 17.2. The molecule has 0 spiro atoms. The fourth-order valence-electron chi connectivity index (χ4n) is 2.46. The summed E-state index contributed by atoms with van der Waals surface area (Å²) in [6.07, 6.45) is 2.95. The number of hydrogen-bond donors (Lipinski definition) is 3. The van der Waals surface area contributed by atoms with Gasteiger partial charge in [-0.25, -0.2) is 8.42 Å². The first kappa shape index (κ1) is 21.3. The van der Waals surface area contributed by atoms with Crippen molar-refractivity contribution in [3.8, 4) is 0 Å². The highest BCUT2D eigenvalue weighted by atomic mass is 32.2. The number of hydrogen-bond acceptors (Lipinski definition) is 6. The molecule has 30 heavy (non-hydrogen) atoms. The lowest BCUT2D eigenvalue weighted by molar-refractivity contribution is -0.115. The quantitative estimate of drug-likeness (QED) is 0.460. The fourth-order valence-corrected chi connectivity index (χ4v) is 4.26. The summed E-state index contributed by atoms with van der Waals surface area (Å²) in [4.78, 5) is 28.1. The van der Waals surface area contributed by atoms with Gasteiger partial charge in [0.2, 0.25) is 5.91 Å². The first-order valence-corrected chi connectivity index (χ1v) is 11.2. The summed E-state index contributed by atoms with van der Waals surface area (Å²) in [5.74, 6) is -0.782. The van der Waals surface area contributed by atoms with Gasteiger partial charge in [0.15, 0.2) is 0 Å². The highest BCUT2D eigenvalue weighted by Crippen LogP contribution is 2.27. The van der Waals surface area contributed by atoms with Crippen LogP contribution in [0.4, 0.5) is 11.4 Å². The third kappa shape index (κ3) is 5.58. The number of thioether (sulfide) groups is 1. The average molecular weight is 443 g/mol. The minimum absolute atomic E-state index is 0.0216. The predicted octanol–water partition coefficient (Wildman–Crippen LogP) is 2.71. The lowest BCUT2D eigenvalue weighted by Crippen LogP contribution is -2.15. The Morgan fingerprint density at radius 3 is 2.30 bits per heavy atom. The highest BCUT2D eigenvalue weighted by Gasteiger charge is 2.16. The Morgan fingerprint density at radius 1 is 0.967 bits per heavy atom. The second-order valence-corrected chi connectivity index (χ2v) is 8.77. The summed E-state index contributed by atoms with van der Waals surface area (Å²) in [6, 6.07) is 15.6. The van der Waals surface area contributed by atoms with Crippen LogP contribution < -0.4 is 15.8 Å². The molecule has 0 atom stereocenters. The standard InChI is InChI=1S/C20H18N4O4S2/c21-19(25)13-29-18-4-2-1-3-17(18)23-20(26)14-5-7-16(8-6-14)30(27,28)24-15-9-11-22-12-10-15/h1-12H,13H2,(H2,21,25)(H,22,24)(H,23,26). The molecular formula is C20H18N4O4S2. The van der Waals surface area contributed by atoms with Crippen LogP contribution in [0.15, 0.2) is 82.8 Å². The molecule has 0 saturated carbocycles. The van der Waals surface area contributed by atoms with E-state index in [0.29, 0.717) is 16.3 Å². The van der Waals surface area contributed by atoms with Gasteiger partial charge in [0.05, 0.1) is 22.0 Å². The molecule has 2 amide bonds. The van der Waals surface area contributed by atoms with Crippen molar-refractivity contribution in [3.05, 3.63) is 78.6 Å². The number of carbonyl (C=O) groups excluding carboxylic acids is 2. The Morgan fingerprint density at radius 2 is 1.63 bits per heavy atom. The molecule has 3 rings (SSSR count). The van der Waals surface area contributed by atoms with Gasteiger partial charge in [-0.3, -0.25) is 19.3 Å². The summed E-state index contributed by atoms with van der Waals surface area (Å²) in [5, 5.41) is 2.76. The van der Waals surface area contributed by atoms with Crippen molar-refractivity contribution < 1.29 is 18.0 Å². The molecule has 10 heteroatoms. The molecule has 0 saturated heterocycles. The largest absolute Gasteiger partial charge is 0.369 e. The highest BCUT2D eigenvalue weighted by molar-refractivity contribution is 8.00. The number of para-hydroxylation sites is 1. The first-order valence-electron chi connectivity index (χ1n) is 8.69. The van der Waals surface area contributed by atoms with Crippen molar-refractivity contribution >= 4 is 45.0 Å². The molecule has 0 fully saturated rings. The van der Waals surface area contributed by atoms with E-state index in [1.54, 1.807) is 24.3 Å². The summed E-state index contributed by atoms with van der Waals surface area (Å²) in [6.45, 7) is 0. The number of nitrogens with one attached hydrogen (secondary N) is 2. The van der Waals surface area contributed by atoms with Gasteiger partial charge in [-0.05, 0) is 48.5 Å². The Kier molecular flexibility index (Phi) is 6.70. The maximum Gasteiger partial charge on any atom is 0.261 e. The molecule has 0 unspecified atom stereocenters. The van der Waals surface area contributed by atoms with E-state index in [2.05, 4.69) is 15.0 Å². The van der Waals surface area contributed by atoms with Crippen molar-refractivity contribution in [1.82, 2.24) is 4.98 Å². The maximum atomic E-state index is 12.6. The van der Waals surface area contributed by atoms with E-state index >= 15 is 0 Å². The minimum atomic E-state index is -3.79. The number of nitrogens with zero attached hydrogens (tertiary/aromatic N) is 1. The van der Waals surface area contributed by atoms with Gasteiger partial charge in [-0.2, -0.15) is 0 Å². The minimum Gasteiger partial charge on any atom is -0.369 e. The Balaban J connectivity index is 1.72. The van der Waals surface area contributed by atoms with Crippen LogP contribution in [0.5, 0.6) is 0 Å². The summed E-state index contributed by atoms with van der Waals surface area (Å²) in [7, 11) is -3.79. The van der Waals surface area contributed by atoms with E-state index < -0.39 is 21.8 Å². The molecule has 1 heterocycles. The van der Waals surface area contributed by atoms with E-state index in [-0.39, 0.29) is 16.2 Å². The first-order chi connectivity index (χ1) is 14.3. The van der Waals surface area contributed by atoms with Gasteiger partial charge in [-0.15, -0.1) is 11.8 Å². The Hall–Kier alpha value is -3.37. The van der Waals surface area contributed by atoms with Crippen LogP contribution in [0.1, 0.15) is 10.4 Å². The van der Waals surface area contributed by atoms with Gasteiger partial charge in [0, 0.05) is 22.9 Å². The molecule has 0 aliphatic heterocycles. The molecule has 1 aromatic heterocycles. The van der Waals surface area contributed by atoms with Crippen LogP contribution in [0.3, 0.4) is 0 Å². The molecule has 154 valence electrons. The average Bonchev–Trinajstić information content (AvgIpc) is 2.73. The lowest BCUT2D eigenvalue weighted by Gasteiger charge is -2.11. The van der Waals surface area contributed by atoms with Gasteiger partial charge in [-0.1, -0.05) is 12.1 Å². The van der Waals surface area contributed by atoms with Gasteiger partial charge < -0.3 is 11.1 Å². The third-order valence-corrected chi connectivity index (χ3v) is 6.36. The summed E-state index contributed by atoms with van der Waals surface area (Å²) in [5.41, 5.74) is 6.38. The van der Waals surface area contributed by atoms with Crippen molar-refractivity contribution in [2.75, 3.05) is 15.8 Å². The second-order valence-electron chi connectivity index (χ2n) is 6.07. The van der Waals surface area contributed by atoms with E-state index in [9.17, 15) is 18.0 Å². The maximum absolute atomic E-state index is 12.6. The van der Waals surface area contributed by atoms with E-state index in [1.165, 1.54) is 60.6 Å². The normalized spacial score (nSPS) is 10.9. The molecule has 0 radical (unpaired) electrons. The predicted molar refractivity (Wildman–Crippen MR) is 116 cm³/mol. The third-order valence-electron chi connectivity index (χ3n) is 3.86. The Bertz CT molecular complexity index is 1150. The topological polar surface area (TPSA) is 131 Å². The van der Waals surface area contributed by atoms with Crippen molar-refractivity contribution in [2.24, 2.45) is 5.73 Å². The number of amides is 2. The molecule has 8 nitrogen and oxygen atoms in total. The Labute approximate surface area is 178 Å². The van der Waals surface area contributed by atoms with Gasteiger partial charge >= 0.3 is 0 Å². The van der Waals surface area contributed by atoms with Crippen molar-refractivity contribution in [2.45, 2.75) is 9.79 Å². The number of pyridine rings is 1. The number of nitrogens with two attached hydrogens (primary N) is 1. The SMILES string of the molecule is NC(=O)CSc1ccccc1NC(=O)c1ccc(S(=O)(=O)Nc2ccncc2)cc1. The number of primary amides is 1. The van der Waals surface area contributed by atoms with E-state index in [4.69, 9.17) is 5.73 Å². The molecule has 3 aromatic rings. The molecule has 4 N–H and O–H groups in total.